The highest BCUT2D eigenvalue weighted by Crippen LogP contribution is 2.20. The number of imidazole rings is 1. The summed E-state index contributed by atoms with van der Waals surface area (Å²) in [4.78, 5) is 19.5. The van der Waals surface area contributed by atoms with Crippen molar-refractivity contribution in [2.75, 3.05) is 6.54 Å². The lowest BCUT2D eigenvalue weighted by atomic mass is 10.2. The lowest BCUT2D eigenvalue weighted by Crippen LogP contribution is -2.39. The van der Waals surface area contributed by atoms with Gasteiger partial charge >= 0.3 is 0 Å². The van der Waals surface area contributed by atoms with E-state index in [9.17, 15) is 4.79 Å². The molecule has 0 N–H and O–H groups in total. The van der Waals surface area contributed by atoms with Crippen LogP contribution in [0.1, 0.15) is 29.7 Å². The molecule has 1 aliphatic heterocycles. The molecule has 4 rings (SSSR count). The predicted molar refractivity (Wildman–Crippen MR) is 95.3 cm³/mol. The van der Waals surface area contributed by atoms with Gasteiger partial charge in [-0.15, -0.1) is 0 Å². The van der Waals surface area contributed by atoms with E-state index in [1.165, 1.54) is 0 Å². The minimum absolute atomic E-state index is 0.160. The molecule has 6 heteroatoms. The van der Waals surface area contributed by atoms with Gasteiger partial charge in [0.05, 0.1) is 30.9 Å². The second kappa shape index (κ2) is 6.35. The fourth-order valence-corrected chi connectivity index (χ4v) is 3.68. The van der Waals surface area contributed by atoms with Crippen LogP contribution < -0.4 is 0 Å². The van der Waals surface area contributed by atoms with Crippen LogP contribution in [-0.4, -0.2) is 42.6 Å². The Morgan fingerprint density at radius 1 is 1.32 bits per heavy atom. The van der Waals surface area contributed by atoms with Crippen LogP contribution in [0.2, 0.25) is 0 Å². The number of rotatable bonds is 4. The fraction of sp³-hybridized carbons (Fsp3) is 0.421. The highest BCUT2D eigenvalue weighted by molar-refractivity contribution is 5.79. The van der Waals surface area contributed by atoms with Crippen LogP contribution >= 0.6 is 0 Å². The SMILES string of the molecule is Cc1cnn(CC2CCCN2C(=O)Cc2cn3cccc(C)c3n2)c1. The number of pyridine rings is 1. The third-order valence-corrected chi connectivity index (χ3v) is 4.92. The van der Waals surface area contributed by atoms with Crippen molar-refractivity contribution in [3.05, 3.63) is 53.7 Å². The molecular formula is C19H23N5O. The molecule has 3 aromatic rings. The molecule has 0 aliphatic carbocycles. The van der Waals surface area contributed by atoms with Gasteiger partial charge in [-0.25, -0.2) is 4.98 Å². The van der Waals surface area contributed by atoms with E-state index >= 15 is 0 Å². The van der Waals surface area contributed by atoms with Gasteiger partial charge in [0.1, 0.15) is 5.65 Å². The van der Waals surface area contributed by atoms with E-state index in [-0.39, 0.29) is 11.9 Å². The van der Waals surface area contributed by atoms with E-state index in [4.69, 9.17) is 0 Å². The number of likely N-dealkylation sites (tertiary alicyclic amines) is 1. The third-order valence-electron chi connectivity index (χ3n) is 4.92. The van der Waals surface area contributed by atoms with Gasteiger partial charge in [0, 0.05) is 25.1 Å². The van der Waals surface area contributed by atoms with Gasteiger partial charge in [0.25, 0.3) is 0 Å². The average molecular weight is 337 g/mol. The highest BCUT2D eigenvalue weighted by atomic mass is 16.2. The molecular weight excluding hydrogens is 314 g/mol. The summed E-state index contributed by atoms with van der Waals surface area (Å²) in [6.07, 6.45) is 10.3. The fourth-order valence-electron chi connectivity index (χ4n) is 3.68. The molecule has 1 amide bonds. The Morgan fingerprint density at radius 2 is 2.20 bits per heavy atom. The average Bonchev–Trinajstić information content (AvgIpc) is 3.28. The molecule has 6 nitrogen and oxygen atoms in total. The van der Waals surface area contributed by atoms with Crippen molar-refractivity contribution in [3.63, 3.8) is 0 Å². The van der Waals surface area contributed by atoms with Gasteiger partial charge in [0.15, 0.2) is 0 Å². The zero-order valence-corrected chi connectivity index (χ0v) is 14.7. The Hall–Kier alpha value is -2.63. The van der Waals surface area contributed by atoms with Crippen molar-refractivity contribution in [3.8, 4) is 0 Å². The molecule has 1 aliphatic rings. The topological polar surface area (TPSA) is 55.4 Å². The van der Waals surface area contributed by atoms with Crippen LogP contribution in [0.3, 0.4) is 0 Å². The van der Waals surface area contributed by atoms with Crippen molar-refractivity contribution in [2.45, 2.75) is 45.7 Å². The summed E-state index contributed by atoms with van der Waals surface area (Å²) in [6.45, 7) is 5.67. The standard InChI is InChI=1S/C19H23N5O/c1-14-10-20-23(11-14)13-17-6-4-8-24(17)18(25)9-16-12-22-7-3-5-15(2)19(22)21-16/h3,5,7,10-12,17H,4,6,8-9,13H2,1-2H3. The first-order valence-electron chi connectivity index (χ1n) is 8.82. The van der Waals surface area contributed by atoms with Crippen LogP contribution in [0, 0.1) is 13.8 Å². The molecule has 1 atom stereocenters. The van der Waals surface area contributed by atoms with Crippen molar-refractivity contribution >= 4 is 11.6 Å². The number of hydrogen-bond acceptors (Lipinski definition) is 3. The lowest BCUT2D eigenvalue weighted by Gasteiger charge is -2.24. The quantitative estimate of drug-likeness (QED) is 0.734. The van der Waals surface area contributed by atoms with E-state index in [0.29, 0.717) is 6.42 Å². The Bertz CT molecular complexity index is 910. The first-order valence-corrected chi connectivity index (χ1v) is 8.82. The van der Waals surface area contributed by atoms with Crippen molar-refractivity contribution < 1.29 is 4.79 Å². The molecule has 1 fully saturated rings. The van der Waals surface area contributed by atoms with Gasteiger partial charge in [-0.3, -0.25) is 9.48 Å². The second-order valence-electron chi connectivity index (χ2n) is 6.95. The highest BCUT2D eigenvalue weighted by Gasteiger charge is 2.29. The van der Waals surface area contributed by atoms with Crippen LogP contribution in [0.15, 0.2) is 36.9 Å². The summed E-state index contributed by atoms with van der Waals surface area (Å²) in [7, 11) is 0. The summed E-state index contributed by atoms with van der Waals surface area (Å²) < 4.78 is 3.94. The smallest absolute Gasteiger partial charge is 0.228 e. The second-order valence-corrected chi connectivity index (χ2v) is 6.95. The van der Waals surface area contributed by atoms with E-state index in [1.54, 1.807) is 0 Å². The maximum absolute atomic E-state index is 12.8. The van der Waals surface area contributed by atoms with Gasteiger partial charge in [-0.1, -0.05) is 6.07 Å². The molecule has 0 spiro atoms. The molecule has 0 radical (unpaired) electrons. The van der Waals surface area contributed by atoms with Crippen molar-refractivity contribution in [1.29, 1.82) is 0 Å². The molecule has 130 valence electrons. The zero-order valence-electron chi connectivity index (χ0n) is 14.7. The normalized spacial score (nSPS) is 17.5. The summed E-state index contributed by atoms with van der Waals surface area (Å²) in [5.74, 6) is 0.160. The Kier molecular flexibility index (Phi) is 4.03. The monoisotopic (exact) mass is 337 g/mol. The zero-order chi connectivity index (χ0) is 17.4. The number of carbonyl (C=O) groups is 1. The lowest BCUT2D eigenvalue weighted by molar-refractivity contribution is -0.131. The molecule has 4 heterocycles. The molecule has 1 unspecified atom stereocenters. The molecule has 1 saturated heterocycles. The summed E-state index contributed by atoms with van der Waals surface area (Å²) in [6, 6.07) is 4.26. The van der Waals surface area contributed by atoms with Gasteiger partial charge < -0.3 is 9.30 Å². The number of fused-ring (bicyclic) bond motifs is 1. The molecule has 25 heavy (non-hydrogen) atoms. The Morgan fingerprint density at radius 3 is 2.96 bits per heavy atom. The van der Waals surface area contributed by atoms with Crippen LogP contribution in [0.25, 0.3) is 5.65 Å². The van der Waals surface area contributed by atoms with E-state index in [2.05, 4.69) is 10.1 Å². The maximum atomic E-state index is 12.8. The summed E-state index contributed by atoms with van der Waals surface area (Å²) in [5, 5.41) is 4.36. The Balaban J connectivity index is 1.48. The van der Waals surface area contributed by atoms with E-state index in [0.717, 1.165) is 48.4 Å². The molecule has 0 aromatic carbocycles. The van der Waals surface area contributed by atoms with Crippen molar-refractivity contribution in [2.24, 2.45) is 0 Å². The minimum Gasteiger partial charge on any atom is -0.338 e. The number of carbonyl (C=O) groups excluding carboxylic acids is 1. The van der Waals surface area contributed by atoms with Crippen LogP contribution in [0.5, 0.6) is 0 Å². The van der Waals surface area contributed by atoms with Gasteiger partial charge in [0.2, 0.25) is 5.91 Å². The summed E-state index contributed by atoms with van der Waals surface area (Å²) >= 11 is 0. The maximum Gasteiger partial charge on any atom is 0.228 e. The minimum atomic E-state index is 0.160. The first-order chi connectivity index (χ1) is 12.1. The summed E-state index contributed by atoms with van der Waals surface area (Å²) in [5.41, 5.74) is 4.03. The third kappa shape index (κ3) is 3.16. The van der Waals surface area contributed by atoms with Crippen molar-refractivity contribution in [1.82, 2.24) is 24.1 Å². The van der Waals surface area contributed by atoms with Gasteiger partial charge in [-0.2, -0.15) is 5.10 Å². The molecule has 3 aromatic heterocycles. The number of hydrogen-bond donors (Lipinski definition) is 0. The predicted octanol–water partition coefficient (Wildman–Crippen LogP) is 2.38. The van der Waals surface area contributed by atoms with Crippen LogP contribution in [0.4, 0.5) is 0 Å². The largest absolute Gasteiger partial charge is 0.338 e. The molecule has 0 bridgehead atoms. The first kappa shape index (κ1) is 15.9. The Labute approximate surface area is 147 Å². The van der Waals surface area contributed by atoms with Gasteiger partial charge in [-0.05, 0) is 43.9 Å². The number of aromatic nitrogens is 4. The number of aryl methyl sites for hydroxylation is 2. The van der Waals surface area contributed by atoms with E-state index in [1.807, 2.05) is 64.7 Å². The molecule has 0 saturated carbocycles. The number of amides is 1. The van der Waals surface area contributed by atoms with Crippen LogP contribution in [-0.2, 0) is 17.8 Å². The van der Waals surface area contributed by atoms with E-state index < -0.39 is 0 Å². The number of nitrogens with zero attached hydrogens (tertiary/aromatic N) is 5.